The van der Waals surface area contributed by atoms with E-state index in [1.54, 1.807) is 13.0 Å². The third-order valence-corrected chi connectivity index (χ3v) is 3.61. The van der Waals surface area contributed by atoms with Crippen LogP contribution in [-0.4, -0.2) is 16.1 Å². The minimum atomic E-state index is -0.770. The topological polar surface area (TPSA) is 81.2 Å². The van der Waals surface area contributed by atoms with Crippen LogP contribution in [0, 0.1) is 12.3 Å². The molecule has 0 radical (unpaired) electrons. The fourth-order valence-corrected chi connectivity index (χ4v) is 2.25. The minimum Gasteiger partial charge on any atom is -0.392 e. The van der Waals surface area contributed by atoms with Crippen LogP contribution in [0.15, 0.2) is 10.6 Å². The second-order valence-corrected chi connectivity index (χ2v) is 4.70. The average Bonchev–Trinajstić information content (AvgIpc) is 2.74. The van der Waals surface area contributed by atoms with Crippen molar-refractivity contribution in [3.63, 3.8) is 0 Å². The molecule has 0 saturated heterocycles. The monoisotopic (exact) mass is 269 g/mol. The van der Waals surface area contributed by atoms with E-state index in [0.29, 0.717) is 30.8 Å². The van der Waals surface area contributed by atoms with E-state index in [-0.39, 0.29) is 10.9 Å². The molecule has 1 aromatic rings. The summed E-state index contributed by atoms with van der Waals surface area (Å²) in [5, 5.41) is 6.62. The van der Waals surface area contributed by atoms with Crippen molar-refractivity contribution in [1.82, 2.24) is 10.5 Å². The summed E-state index contributed by atoms with van der Waals surface area (Å²) in [4.78, 5) is 12.4. The van der Waals surface area contributed by atoms with Crippen molar-refractivity contribution in [2.45, 2.75) is 40.2 Å². The maximum Gasteiger partial charge on any atom is 0.233 e. The highest BCUT2D eigenvalue weighted by atomic mass is 32.1. The molecule has 0 aliphatic rings. The van der Waals surface area contributed by atoms with Crippen LogP contribution in [0.4, 0.5) is 0 Å². The largest absolute Gasteiger partial charge is 0.392 e. The van der Waals surface area contributed by atoms with Crippen molar-refractivity contribution in [2.75, 3.05) is 0 Å². The predicted octanol–water partition coefficient (Wildman–Crippen LogP) is 1.69. The van der Waals surface area contributed by atoms with Crippen LogP contribution in [0.5, 0.6) is 0 Å². The fraction of sp³-hybridized carbons (Fsp3) is 0.583. The first-order valence-corrected chi connectivity index (χ1v) is 6.37. The third-order valence-electron chi connectivity index (χ3n) is 3.22. The Hall–Kier alpha value is -1.43. The van der Waals surface area contributed by atoms with Crippen molar-refractivity contribution < 1.29 is 9.32 Å². The molecule has 0 saturated carbocycles. The lowest BCUT2D eigenvalue weighted by Crippen LogP contribution is -2.48. The molecule has 3 N–H and O–H groups in total. The molecular formula is C12H19N3O2S. The van der Waals surface area contributed by atoms with Gasteiger partial charge in [-0.25, -0.2) is 0 Å². The van der Waals surface area contributed by atoms with Gasteiger partial charge in [-0.1, -0.05) is 31.2 Å². The molecule has 1 amide bonds. The van der Waals surface area contributed by atoms with Gasteiger partial charge in [0.15, 0.2) is 0 Å². The van der Waals surface area contributed by atoms with Gasteiger partial charge in [0.05, 0.1) is 16.9 Å². The highest BCUT2D eigenvalue weighted by Gasteiger charge is 2.37. The molecule has 0 bridgehead atoms. The van der Waals surface area contributed by atoms with Crippen LogP contribution in [0.3, 0.4) is 0 Å². The normalized spacial score (nSPS) is 11.3. The maximum atomic E-state index is 12.2. The molecule has 0 fully saturated rings. The smallest absolute Gasteiger partial charge is 0.233 e. The molecule has 1 rings (SSSR count). The van der Waals surface area contributed by atoms with Gasteiger partial charge in [-0.3, -0.25) is 4.79 Å². The lowest BCUT2D eigenvalue weighted by molar-refractivity contribution is -0.128. The Morgan fingerprint density at radius 3 is 2.56 bits per heavy atom. The van der Waals surface area contributed by atoms with Crippen LogP contribution in [-0.2, 0) is 11.3 Å². The van der Waals surface area contributed by atoms with Crippen molar-refractivity contribution in [3.8, 4) is 0 Å². The van der Waals surface area contributed by atoms with E-state index in [0.717, 1.165) is 0 Å². The zero-order valence-corrected chi connectivity index (χ0v) is 11.8. The molecule has 1 heterocycles. The number of hydrogen-bond acceptors (Lipinski definition) is 4. The van der Waals surface area contributed by atoms with E-state index in [2.05, 4.69) is 10.5 Å². The molecule has 0 unspecified atom stereocenters. The van der Waals surface area contributed by atoms with E-state index in [9.17, 15) is 4.79 Å². The lowest BCUT2D eigenvalue weighted by Gasteiger charge is -2.28. The van der Waals surface area contributed by atoms with Gasteiger partial charge in [-0.05, 0) is 19.8 Å². The summed E-state index contributed by atoms with van der Waals surface area (Å²) < 4.78 is 4.93. The molecule has 1 aromatic heterocycles. The Kier molecular flexibility index (Phi) is 4.84. The highest BCUT2D eigenvalue weighted by molar-refractivity contribution is 7.80. The minimum absolute atomic E-state index is 0.152. The Labute approximate surface area is 112 Å². The number of thiocarbonyl (C=S) groups is 1. The first-order valence-electron chi connectivity index (χ1n) is 5.96. The zero-order chi connectivity index (χ0) is 13.8. The fourth-order valence-electron chi connectivity index (χ4n) is 1.87. The van der Waals surface area contributed by atoms with E-state index in [1.807, 2.05) is 13.8 Å². The van der Waals surface area contributed by atoms with Gasteiger partial charge in [0.25, 0.3) is 0 Å². The summed E-state index contributed by atoms with van der Waals surface area (Å²) in [6, 6.07) is 1.78. The van der Waals surface area contributed by atoms with Gasteiger partial charge in [0.1, 0.15) is 11.5 Å². The molecule has 0 atom stereocenters. The Balaban J connectivity index is 2.71. The molecule has 6 heteroatoms. The summed E-state index contributed by atoms with van der Waals surface area (Å²) in [5.74, 6) is 0.562. The Bertz CT molecular complexity index is 438. The summed E-state index contributed by atoms with van der Waals surface area (Å²) >= 11 is 5.02. The molecule has 0 spiro atoms. The van der Waals surface area contributed by atoms with Crippen molar-refractivity contribution in [1.29, 1.82) is 0 Å². The summed E-state index contributed by atoms with van der Waals surface area (Å²) in [6.07, 6.45) is 1.17. The number of rotatable bonds is 6. The van der Waals surface area contributed by atoms with Gasteiger partial charge in [0.2, 0.25) is 5.91 Å². The number of carbonyl (C=O) groups is 1. The first-order chi connectivity index (χ1) is 8.46. The first kappa shape index (κ1) is 14.6. The molecule has 0 aliphatic heterocycles. The van der Waals surface area contributed by atoms with Crippen LogP contribution < -0.4 is 11.1 Å². The average molecular weight is 269 g/mol. The molecule has 100 valence electrons. The molecule has 5 nitrogen and oxygen atoms in total. The Morgan fingerprint density at radius 1 is 1.56 bits per heavy atom. The summed E-state index contributed by atoms with van der Waals surface area (Å²) in [6.45, 7) is 5.93. The Morgan fingerprint density at radius 2 is 2.17 bits per heavy atom. The number of amides is 1. The molecule has 0 aromatic carbocycles. The SMILES string of the molecule is CCC(CC)(C(=O)NCc1cc(C)on1)C(N)=S. The van der Waals surface area contributed by atoms with E-state index < -0.39 is 5.41 Å². The number of nitrogens with zero attached hydrogens (tertiary/aromatic N) is 1. The molecule has 18 heavy (non-hydrogen) atoms. The van der Waals surface area contributed by atoms with Gasteiger partial charge < -0.3 is 15.6 Å². The summed E-state index contributed by atoms with van der Waals surface area (Å²) in [7, 11) is 0. The van der Waals surface area contributed by atoms with Crippen molar-refractivity contribution in [3.05, 3.63) is 17.5 Å². The quantitative estimate of drug-likeness (QED) is 0.768. The number of aromatic nitrogens is 1. The third kappa shape index (κ3) is 2.87. The lowest BCUT2D eigenvalue weighted by atomic mass is 9.81. The second-order valence-electron chi connectivity index (χ2n) is 4.27. The van der Waals surface area contributed by atoms with Gasteiger partial charge in [0, 0.05) is 6.07 Å². The predicted molar refractivity (Wildman–Crippen MR) is 72.9 cm³/mol. The molecular weight excluding hydrogens is 250 g/mol. The van der Waals surface area contributed by atoms with Crippen molar-refractivity contribution >= 4 is 23.1 Å². The highest BCUT2D eigenvalue weighted by Crippen LogP contribution is 2.27. The van der Waals surface area contributed by atoms with Crippen LogP contribution in [0.25, 0.3) is 0 Å². The number of nitrogens with one attached hydrogen (secondary N) is 1. The number of hydrogen-bond donors (Lipinski definition) is 2. The molecule has 0 aliphatic carbocycles. The van der Waals surface area contributed by atoms with Crippen LogP contribution >= 0.6 is 12.2 Å². The standard InChI is InChI=1S/C12H19N3O2S/c1-4-12(5-2,10(13)18)11(16)14-7-9-6-8(3)17-15-9/h6H,4-5,7H2,1-3H3,(H2,13,18)(H,14,16). The maximum absolute atomic E-state index is 12.2. The van der Waals surface area contributed by atoms with Gasteiger partial charge in [-0.2, -0.15) is 0 Å². The van der Waals surface area contributed by atoms with E-state index in [4.69, 9.17) is 22.5 Å². The summed E-state index contributed by atoms with van der Waals surface area (Å²) in [5.41, 5.74) is 5.62. The number of carbonyl (C=O) groups excluding carboxylic acids is 1. The zero-order valence-electron chi connectivity index (χ0n) is 10.9. The van der Waals surface area contributed by atoms with Crippen LogP contribution in [0.1, 0.15) is 38.1 Å². The van der Waals surface area contributed by atoms with Gasteiger partial charge in [-0.15, -0.1) is 0 Å². The van der Waals surface area contributed by atoms with E-state index in [1.165, 1.54) is 0 Å². The number of aryl methyl sites for hydroxylation is 1. The second kappa shape index (κ2) is 5.95. The van der Waals surface area contributed by atoms with E-state index >= 15 is 0 Å². The van der Waals surface area contributed by atoms with Crippen molar-refractivity contribution in [2.24, 2.45) is 11.1 Å². The van der Waals surface area contributed by atoms with Gasteiger partial charge >= 0.3 is 0 Å². The number of nitrogens with two attached hydrogens (primary N) is 1. The van der Waals surface area contributed by atoms with Crippen LogP contribution in [0.2, 0.25) is 0 Å².